The van der Waals surface area contributed by atoms with E-state index in [1.807, 2.05) is 0 Å². The SMILES string of the molecule is CN(CCCCCCCN)CC1CCCCC1. The van der Waals surface area contributed by atoms with Gasteiger partial charge in [-0.25, -0.2) is 0 Å². The summed E-state index contributed by atoms with van der Waals surface area (Å²) in [5.41, 5.74) is 5.49. The van der Waals surface area contributed by atoms with Crippen LogP contribution in [-0.4, -0.2) is 31.6 Å². The number of unbranched alkanes of at least 4 members (excludes halogenated alkanes) is 4. The normalized spacial score (nSPS) is 17.8. The monoisotopic (exact) mass is 240 g/mol. The molecule has 0 aliphatic heterocycles. The van der Waals surface area contributed by atoms with E-state index in [1.165, 1.54) is 77.3 Å². The summed E-state index contributed by atoms with van der Waals surface area (Å²) in [6.07, 6.45) is 14.0. The molecule has 0 aromatic rings. The fraction of sp³-hybridized carbons (Fsp3) is 1.00. The Morgan fingerprint density at radius 2 is 1.59 bits per heavy atom. The summed E-state index contributed by atoms with van der Waals surface area (Å²) in [5.74, 6) is 0.992. The molecular formula is C15H32N2. The van der Waals surface area contributed by atoms with Crippen LogP contribution in [0.2, 0.25) is 0 Å². The molecule has 0 unspecified atom stereocenters. The molecule has 0 spiro atoms. The third-order valence-electron chi connectivity index (χ3n) is 4.04. The highest BCUT2D eigenvalue weighted by molar-refractivity contribution is 4.68. The molecule has 2 nitrogen and oxygen atoms in total. The van der Waals surface area contributed by atoms with Gasteiger partial charge in [-0.05, 0) is 51.7 Å². The van der Waals surface area contributed by atoms with E-state index >= 15 is 0 Å². The zero-order chi connectivity index (χ0) is 12.3. The molecule has 0 atom stereocenters. The summed E-state index contributed by atoms with van der Waals surface area (Å²) >= 11 is 0. The van der Waals surface area contributed by atoms with Gasteiger partial charge in [0.1, 0.15) is 0 Å². The van der Waals surface area contributed by atoms with Gasteiger partial charge in [0.05, 0.1) is 0 Å². The molecule has 1 rings (SSSR count). The molecule has 0 aromatic heterocycles. The maximum atomic E-state index is 5.49. The summed E-state index contributed by atoms with van der Waals surface area (Å²) in [4.78, 5) is 2.55. The second-order valence-electron chi connectivity index (χ2n) is 5.82. The molecule has 17 heavy (non-hydrogen) atoms. The van der Waals surface area contributed by atoms with Gasteiger partial charge in [0.2, 0.25) is 0 Å². The average Bonchev–Trinajstić information content (AvgIpc) is 2.35. The van der Waals surface area contributed by atoms with E-state index in [-0.39, 0.29) is 0 Å². The molecule has 102 valence electrons. The summed E-state index contributed by atoms with van der Waals surface area (Å²) in [6.45, 7) is 3.49. The summed E-state index contributed by atoms with van der Waals surface area (Å²) < 4.78 is 0. The van der Waals surface area contributed by atoms with Gasteiger partial charge in [0.25, 0.3) is 0 Å². The van der Waals surface area contributed by atoms with Crippen molar-refractivity contribution in [3.63, 3.8) is 0 Å². The van der Waals surface area contributed by atoms with Crippen LogP contribution in [0.4, 0.5) is 0 Å². The topological polar surface area (TPSA) is 29.3 Å². The second kappa shape index (κ2) is 9.90. The van der Waals surface area contributed by atoms with Gasteiger partial charge in [-0.1, -0.05) is 38.5 Å². The zero-order valence-electron chi connectivity index (χ0n) is 11.8. The van der Waals surface area contributed by atoms with Crippen molar-refractivity contribution in [3.8, 4) is 0 Å². The minimum Gasteiger partial charge on any atom is -0.330 e. The highest BCUT2D eigenvalue weighted by Crippen LogP contribution is 2.24. The van der Waals surface area contributed by atoms with Crippen LogP contribution < -0.4 is 5.73 Å². The number of hydrogen-bond acceptors (Lipinski definition) is 2. The lowest BCUT2D eigenvalue weighted by Crippen LogP contribution is -2.27. The van der Waals surface area contributed by atoms with Crippen molar-refractivity contribution >= 4 is 0 Å². The Morgan fingerprint density at radius 3 is 2.29 bits per heavy atom. The van der Waals surface area contributed by atoms with Crippen LogP contribution in [0.5, 0.6) is 0 Å². The molecule has 0 heterocycles. The molecule has 0 bridgehead atoms. The standard InChI is InChI=1S/C15H32N2/c1-17(13-9-4-2-3-8-12-16)14-15-10-6-5-7-11-15/h15H,2-14,16H2,1H3. The van der Waals surface area contributed by atoms with Crippen molar-refractivity contribution < 1.29 is 0 Å². The lowest BCUT2D eigenvalue weighted by Gasteiger charge is -2.26. The molecule has 1 aliphatic carbocycles. The van der Waals surface area contributed by atoms with Gasteiger partial charge in [0.15, 0.2) is 0 Å². The predicted octanol–water partition coefficient (Wildman–Crippen LogP) is 3.41. The van der Waals surface area contributed by atoms with Crippen LogP contribution in [0, 0.1) is 5.92 Å². The van der Waals surface area contributed by atoms with Crippen LogP contribution in [-0.2, 0) is 0 Å². The zero-order valence-corrected chi connectivity index (χ0v) is 11.8. The Balaban J connectivity index is 1.91. The Labute approximate surface area is 108 Å². The van der Waals surface area contributed by atoms with Crippen LogP contribution in [0.1, 0.15) is 64.2 Å². The Kier molecular flexibility index (Phi) is 8.72. The molecule has 2 heteroatoms. The maximum absolute atomic E-state index is 5.49. The predicted molar refractivity (Wildman–Crippen MR) is 76.2 cm³/mol. The second-order valence-corrected chi connectivity index (χ2v) is 5.82. The first-order valence-electron chi connectivity index (χ1n) is 7.71. The van der Waals surface area contributed by atoms with E-state index in [4.69, 9.17) is 5.73 Å². The summed E-state index contributed by atoms with van der Waals surface area (Å²) in [7, 11) is 2.30. The van der Waals surface area contributed by atoms with Crippen molar-refractivity contribution in [2.75, 3.05) is 26.7 Å². The van der Waals surface area contributed by atoms with Crippen molar-refractivity contribution in [1.82, 2.24) is 4.90 Å². The number of rotatable bonds is 9. The van der Waals surface area contributed by atoms with Gasteiger partial charge in [0, 0.05) is 6.54 Å². The highest BCUT2D eigenvalue weighted by atomic mass is 15.1. The molecule has 0 radical (unpaired) electrons. The first kappa shape index (κ1) is 15.0. The van der Waals surface area contributed by atoms with Gasteiger partial charge in [-0.15, -0.1) is 0 Å². The maximum Gasteiger partial charge on any atom is 0.000661 e. The minimum atomic E-state index is 0.863. The molecule has 0 amide bonds. The van der Waals surface area contributed by atoms with Crippen molar-refractivity contribution in [3.05, 3.63) is 0 Å². The molecular weight excluding hydrogens is 208 g/mol. The van der Waals surface area contributed by atoms with Crippen molar-refractivity contribution in [1.29, 1.82) is 0 Å². The molecule has 2 N–H and O–H groups in total. The van der Waals surface area contributed by atoms with Crippen molar-refractivity contribution in [2.24, 2.45) is 11.7 Å². The molecule has 0 saturated heterocycles. The number of nitrogens with two attached hydrogens (primary N) is 1. The van der Waals surface area contributed by atoms with E-state index in [0.29, 0.717) is 0 Å². The first-order chi connectivity index (χ1) is 8.33. The molecule has 1 aliphatic rings. The summed E-state index contributed by atoms with van der Waals surface area (Å²) in [5, 5.41) is 0. The number of nitrogens with zero attached hydrogens (tertiary/aromatic N) is 1. The van der Waals surface area contributed by atoms with Crippen LogP contribution >= 0.6 is 0 Å². The Hall–Kier alpha value is -0.0800. The average molecular weight is 240 g/mol. The van der Waals surface area contributed by atoms with Crippen LogP contribution in [0.25, 0.3) is 0 Å². The smallest absolute Gasteiger partial charge is 0.000661 e. The fourth-order valence-corrected chi connectivity index (χ4v) is 2.96. The highest BCUT2D eigenvalue weighted by Gasteiger charge is 2.14. The minimum absolute atomic E-state index is 0.863. The van der Waals surface area contributed by atoms with E-state index < -0.39 is 0 Å². The summed E-state index contributed by atoms with van der Waals surface area (Å²) in [6, 6.07) is 0. The quantitative estimate of drug-likeness (QED) is 0.626. The molecule has 1 saturated carbocycles. The first-order valence-corrected chi connectivity index (χ1v) is 7.71. The van der Waals surface area contributed by atoms with Gasteiger partial charge in [-0.2, -0.15) is 0 Å². The molecule has 1 fully saturated rings. The lowest BCUT2D eigenvalue weighted by atomic mass is 9.89. The van der Waals surface area contributed by atoms with Gasteiger partial charge >= 0.3 is 0 Å². The third kappa shape index (κ3) is 7.77. The third-order valence-corrected chi connectivity index (χ3v) is 4.04. The Morgan fingerprint density at radius 1 is 0.941 bits per heavy atom. The van der Waals surface area contributed by atoms with Crippen LogP contribution in [0.15, 0.2) is 0 Å². The molecule has 0 aromatic carbocycles. The number of hydrogen-bond donors (Lipinski definition) is 1. The van der Waals surface area contributed by atoms with Crippen LogP contribution in [0.3, 0.4) is 0 Å². The van der Waals surface area contributed by atoms with E-state index in [0.717, 1.165) is 12.5 Å². The largest absolute Gasteiger partial charge is 0.330 e. The van der Waals surface area contributed by atoms with E-state index in [9.17, 15) is 0 Å². The fourth-order valence-electron chi connectivity index (χ4n) is 2.96. The lowest BCUT2D eigenvalue weighted by molar-refractivity contribution is 0.230. The van der Waals surface area contributed by atoms with E-state index in [2.05, 4.69) is 11.9 Å². The van der Waals surface area contributed by atoms with Gasteiger partial charge in [-0.3, -0.25) is 0 Å². The van der Waals surface area contributed by atoms with Gasteiger partial charge < -0.3 is 10.6 Å². The van der Waals surface area contributed by atoms with Crippen molar-refractivity contribution in [2.45, 2.75) is 64.2 Å². The Bertz CT molecular complexity index is 164. The van der Waals surface area contributed by atoms with E-state index in [1.54, 1.807) is 0 Å².